The number of hydrogen-bond acceptors (Lipinski definition) is 8. The first-order valence-electron chi connectivity index (χ1n) is 27.1. The highest BCUT2D eigenvalue weighted by Gasteiger charge is 2.31. The molecule has 2 rings (SSSR count). The van der Waals surface area contributed by atoms with Gasteiger partial charge in [0.1, 0.15) is 5.00 Å². The maximum absolute atomic E-state index is 13.6. The summed E-state index contributed by atoms with van der Waals surface area (Å²) in [4.78, 5) is 58.3. The Labute approximate surface area is 402 Å². The minimum absolute atomic E-state index is 0.00851. The van der Waals surface area contributed by atoms with E-state index in [9.17, 15) is 19.2 Å². The van der Waals surface area contributed by atoms with Gasteiger partial charge < -0.3 is 24.6 Å². The molecule has 374 valence electrons. The second-order valence-corrected chi connectivity index (χ2v) is 20.3. The van der Waals surface area contributed by atoms with Crippen LogP contribution in [0.25, 0.3) is 0 Å². The van der Waals surface area contributed by atoms with Crippen LogP contribution in [0.15, 0.2) is 12.2 Å². The summed E-state index contributed by atoms with van der Waals surface area (Å²) in [5.74, 6) is -0.436. The summed E-state index contributed by atoms with van der Waals surface area (Å²) >= 11 is 1.41. The van der Waals surface area contributed by atoms with E-state index in [2.05, 4.69) is 43.1 Å². The molecule has 0 bridgehead atoms. The van der Waals surface area contributed by atoms with E-state index in [1.165, 1.54) is 133 Å². The van der Waals surface area contributed by atoms with Gasteiger partial charge in [0.25, 0.3) is 0 Å². The third-order valence-electron chi connectivity index (χ3n) is 12.9. The van der Waals surface area contributed by atoms with Crippen LogP contribution in [-0.2, 0) is 36.8 Å². The van der Waals surface area contributed by atoms with Crippen molar-refractivity contribution >= 4 is 40.1 Å². The SMILES string of the molecule is CCCCCCCC/C=C\CCCCCCCC(=O)N1CCc2c(sc(NC(=O)CCCCCOC(=O)C(CCCCCCCC)CCCCCCCC)c2C(=O)OCCCN(C)C)C1. The van der Waals surface area contributed by atoms with Gasteiger partial charge in [0.05, 0.1) is 31.2 Å². The predicted molar refractivity (Wildman–Crippen MR) is 274 cm³/mol. The molecule has 1 N–H and O–H groups in total. The molecule has 0 atom stereocenters. The monoisotopic (exact) mass is 928 g/mol. The van der Waals surface area contributed by atoms with Crippen LogP contribution >= 0.6 is 11.3 Å². The molecule has 1 aliphatic rings. The normalized spacial score (nSPS) is 12.7. The number of unbranched alkanes of at least 4 members (excludes halogenated alkanes) is 23. The Kier molecular flexibility index (Phi) is 35.3. The fraction of sp³-hybridized carbons (Fsp3) is 0.818. The van der Waals surface area contributed by atoms with E-state index >= 15 is 0 Å². The zero-order valence-corrected chi connectivity index (χ0v) is 43.4. The zero-order chi connectivity index (χ0) is 47.2. The molecule has 0 saturated heterocycles. The van der Waals surface area contributed by atoms with E-state index < -0.39 is 5.97 Å². The quantitative estimate of drug-likeness (QED) is 0.0395. The third-order valence-corrected chi connectivity index (χ3v) is 14.1. The second kappa shape index (κ2) is 39.3. The van der Waals surface area contributed by atoms with Crippen molar-refractivity contribution < 1.29 is 28.7 Å². The first-order valence-corrected chi connectivity index (χ1v) is 27.9. The molecule has 0 unspecified atom stereocenters. The number of carbonyl (C=O) groups excluding carboxylic acids is 4. The van der Waals surface area contributed by atoms with Gasteiger partial charge in [0.15, 0.2) is 0 Å². The fourth-order valence-electron chi connectivity index (χ4n) is 8.81. The Balaban J connectivity index is 1.82. The maximum atomic E-state index is 13.6. The van der Waals surface area contributed by atoms with Crippen LogP contribution in [0.3, 0.4) is 0 Å². The molecule has 1 aliphatic heterocycles. The molecule has 0 fully saturated rings. The van der Waals surface area contributed by atoms with Crippen LogP contribution in [0.5, 0.6) is 0 Å². The number of thiophene rings is 1. The van der Waals surface area contributed by atoms with Gasteiger partial charge in [-0.2, -0.15) is 0 Å². The van der Waals surface area contributed by atoms with Crippen LogP contribution in [0.2, 0.25) is 0 Å². The minimum atomic E-state index is -0.405. The summed E-state index contributed by atoms with van der Waals surface area (Å²) in [6.07, 6.45) is 41.5. The first-order chi connectivity index (χ1) is 31.7. The molecule has 0 aliphatic carbocycles. The summed E-state index contributed by atoms with van der Waals surface area (Å²) < 4.78 is 11.6. The van der Waals surface area contributed by atoms with Crippen molar-refractivity contribution in [2.24, 2.45) is 5.92 Å². The fourth-order valence-corrected chi connectivity index (χ4v) is 10.1. The lowest BCUT2D eigenvalue weighted by Crippen LogP contribution is -2.35. The number of amides is 2. The topological polar surface area (TPSA) is 105 Å². The van der Waals surface area contributed by atoms with Crippen LogP contribution in [0.4, 0.5) is 5.00 Å². The molecular weight excluding hydrogens is 831 g/mol. The van der Waals surface area contributed by atoms with Gasteiger partial charge in [-0.05, 0) is 96.7 Å². The van der Waals surface area contributed by atoms with Crippen molar-refractivity contribution in [3.05, 3.63) is 28.2 Å². The van der Waals surface area contributed by atoms with E-state index in [0.29, 0.717) is 62.6 Å². The van der Waals surface area contributed by atoms with Crippen LogP contribution < -0.4 is 5.32 Å². The number of esters is 2. The number of nitrogens with zero attached hydrogens (tertiary/aromatic N) is 2. The molecule has 9 nitrogen and oxygen atoms in total. The van der Waals surface area contributed by atoms with Crippen LogP contribution in [0, 0.1) is 5.92 Å². The number of carbonyl (C=O) groups is 4. The summed E-state index contributed by atoms with van der Waals surface area (Å²) in [5.41, 5.74) is 1.36. The minimum Gasteiger partial charge on any atom is -0.465 e. The van der Waals surface area contributed by atoms with Crippen molar-refractivity contribution in [3.63, 3.8) is 0 Å². The van der Waals surface area contributed by atoms with E-state index in [1.54, 1.807) is 0 Å². The van der Waals surface area contributed by atoms with Crippen molar-refractivity contribution in [3.8, 4) is 0 Å². The maximum Gasteiger partial charge on any atom is 0.341 e. The number of allylic oxidation sites excluding steroid dienone is 2. The summed E-state index contributed by atoms with van der Waals surface area (Å²) in [6, 6.07) is 0. The van der Waals surface area contributed by atoms with Gasteiger partial charge in [-0.3, -0.25) is 14.4 Å². The Morgan fingerprint density at radius 2 is 1.14 bits per heavy atom. The van der Waals surface area contributed by atoms with E-state index in [4.69, 9.17) is 9.47 Å². The molecule has 1 aromatic heterocycles. The highest BCUT2D eigenvalue weighted by Crippen LogP contribution is 2.38. The Morgan fingerprint density at radius 1 is 0.631 bits per heavy atom. The standard InChI is InChI=1S/C55H97N3O6S/c1-6-9-12-15-18-19-20-21-22-23-24-25-26-29-34-40-51(60)58-43-41-48-49(46-58)65-53(52(48)55(62)64-45-36-42-57(4)5)56-50(59)39-33-30-35-44-63-54(61)47(37-31-27-16-13-10-7-2)38-32-28-17-14-11-8-3/h21-22,47H,6-20,23-46H2,1-5H3,(H,56,59)/b22-21-. The molecule has 1 aromatic rings. The van der Waals surface area contributed by atoms with Crippen molar-refractivity contribution in [2.45, 2.75) is 246 Å². The third kappa shape index (κ3) is 28.3. The lowest BCUT2D eigenvalue weighted by atomic mass is 9.94. The zero-order valence-electron chi connectivity index (χ0n) is 42.6. The molecule has 2 heterocycles. The smallest absolute Gasteiger partial charge is 0.341 e. The van der Waals surface area contributed by atoms with Gasteiger partial charge in [0.2, 0.25) is 11.8 Å². The van der Waals surface area contributed by atoms with Crippen LogP contribution in [-0.4, -0.2) is 74.0 Å². The highest BCUT2D eigenvalue weighted by molar-refractivity contribution is 7.17. The lowest BCUT2D eigenvalue weighted by Gasteiger charge is -2.27. The Bertz CT molecular complexity index is 1410. The molecule has 0 radical (unpaired) electrons. The predicted octanol–water partition coefficient (Wildman–Crippen LogP) is 14.9. The molecule has 0 aromatic carbocycles. The molecular formula is C55H97N3O6S. The number of rotatable bonds is 42. The van der Waals surface area contributed by atoms with E-state index in [1.807, 2.05) is 19.0 Å². The van der Waals surface area contributed by atoms with Crippen molar-refractivity contribution in [1.82, 2.24) is 9.80 Å². The molecule has 0 saturated carbocycles. The van der Waals surface area contributed by atoms with Gasteiger partial charge in [0, 0.05) is 30.8 Å². The summed E-state index contributed by atoms with van der Waals surface area (Å²) in [5, 5.41) is 3.59. The molecule has 65 heavy (non-hydrogen) atoms. The molecule has 2 amide bonds. The number of fused-ring (bicyclic) bond motifs is 1. The average molecular weight is 928 g/mol. The summed E-state index contributed by atoms with van der Waals surface area (Å²) in [7, 11) is 3.99. The number of hydrogen-bond donors (Lipinski definition) is 1. The number of nitrogens with one attached hydrogen (secondary N) is 1. The largest absolute Gasteiger partial charge is 0.465 e. The van der Waals surface area contributed by atoms with E-state index in [-0.39, 0.29) is 23.7 Å². The Hall–Kier alpha value is -2.72. The van der Waals surface area contributed by atoms with Crippen LogP contribution in [0.1, 0.15) is 253 Å². The summed E-state index contributed by atoms with van der Waals surface area (Å²) in [6.45, 7) is 9.26. The van der Waals surface area contributed by atoms with Gasteiger partial charge in [-0.15, -0.1) is 11.3 Å². The van der Waals surface area contributed by atoms with Crippen molar-refractivity contribution in [1.29, 1.82) is 0 Å². The van der Waals surface area contributed by atoms with Gasteiger partial charge in [-0.1, -0.05) is 161 Å². The van der Waals surface area contributed by atoms with Gasteiger partial charge >= 0.3 is 11.9 Å². The second-order valence-electron chi connectivity index (χ2n) is 19.2. The van der Waals surface area contributed by atoms with Gasteiger partial charge in [-0.25, -0.2) is 4.79 Å². The van der Waals surface area contributed by atoms with Crippen molar-refractivity contribution in [2.75, 3.05) is 45.7 Å². The lowest BCUT2D eigenvalue weighted by molar-refractivity contribution is -0.149. The average Bonchev–Trinajstić information content (AvgIpc) is 3.65. The number of anilines is 1. The molecule has 0 spiro atoms. The highest BCUT2D eigenvalue weighted by atomic mass is 32.1. The Morgan fingerprint density at radius 3 is 1.72 bits per heavy atom. The van der Waals surface area contributed by atoms with E-state index in [0.717, 1.165) is 87.6 Å². The first kappa shape index (κ1) is 58.4. The molecule has 10 heteroatoms. The number of ether oxygens (including phenoxy) is 2.